The van der Waals surface area contributed by atoms with Crippen LogP contribution in [0, 0.1) is 0 Å². The maximum absolute atomic E-state index is 10.3. The van der Waals surface area contributed by atoms with Crippen LogP contribution in [0.1, 0.15) is 11.1 Å². The Bertz CT molecular complexity index is 758. The monoisotopic (exact) mass is 338 g/mol. The number of phenols is 3. The zero-order valence-electron chi connectivity index (χ0n) is 13.4. The van der Waals surface area contributed by atoms with Gasteiger partial charge < -0.3 is 24.8 Å². The number of hydrogen-bond donors (Lipinski definition) is 3. The molecule has 3 rings (SSSR count). The summed E-state index contributed by atoms with van der Waals surface area (Å²) >= 11 is 0. The van der Waals surface area contributed by atoms with E-state index in [1.807, 2.05) is 0 Å². The van der Waals surface area contributed by atoms with E-state index in [1.54, 1.807) is 66.7 Å². The van der Waals surface area contributed by atoms with Crippen molar-refractivity contribution in [1.29, 1.82) is 0 Å². The SMILES string of the molecule is Oc1ccc(COc2cccc(OCc3ccc(O)cc3)c2O)cc1. The molecule has 0 amide bonds. The molecule has 5 heteroatoms. The molecule has 0 heterocycles. The number of para-hydroxylation sites is 1. The molecular formula is C20H18O5. The van der Waals surface area contributed by atoms with Crippen molar-refractivity contribution in [2.24, 2.45) is 0 Å². The Kier molecular flexibility index (Phi) is 4.95. The molecule has 5 nitrogen and oxygen atoms in total. The minimum atomic E-state index is -0.0694. The molecule has 3 aromatic rings. The molecule has 0 saturated carbocycles. The van der Waals surface area contributed by atoms with Gasteiger partial charge in [0.15, 0.2) is 11.5 Å². The van der Waals surface area contributed by atoms with Gasteiger partial charge in [0.2, 0.25) is 5.75 Å². The van der Waals surface area contributed by atoms with Crippen LogP contribution in [0.15, 0.2) is 66.7 Å². The Balaban J connectivity index is 1.64. The lowest BCUT2D eigenvalue weighted by atomic mass is 10.2. The predicted molar refractivity (Wildman–Crippen MR) is 93.0 cm³/mol. The fourth-order valence-electron chi connectivity index (χ4n) is 2.24. The predicted octanol–water partition coefficient (Wildman–Crippen LogP) is 3.96. The highest BCUT2D eigenvalue weighted by atomic mass is 16.5. The van der Waals surface area contributed by atoms with Crippen molar-refractivity contribution in [2.75, 3.05) is 0 Å². The summed E-state index contributed by atoms with van der Waals surface area (Å²) in [4.78, 5) is 0. The number of hydrogen-bond acceptors (Lipinski definition) is 5. The molecule has 0 radical (unpaired) electrons. The highest BCUT2D eigenvalue weighted by Crippen LogP contribution is 2.36. The van der Waals surface area contributed by atoms with Crippen molar-refractivity contribution in [3.8, 4) is 28.7 Å². The van der Waals surface area contributed by atoms with Crippen LogP contribution < -0.4 is 9.47 Å². The van der Waals surface area contributed by atoms with Crippen molar-refractivity contribution in [1.82, 2.24) is 0 Å². The van der Waals surface area contributed by atoms with Crippen LogP contribution in [0.2, 0.25) is 0 Å². The van der Waals surface area contributed by atoms with Gasteiger partial charge in [-0.1, -0.05) is 30.3 Å². The molecule has 0 aliphatic heterocycles. The molecule has 25 heavy (non-hydrogen) atoms. The third-order valence-electron chi connectivity index (χ3n) is 3.62. The highest BCUT2D eigenvalue weighted by molar-refractivity contribution is 5.50. The molecule has 3 aromatic carbocycles. The number of benzene rings is 3. The summed E-state index contributed by atoms with van der Waals surface area (Å²) in [6, 6.07) is 18.4. The van der Waals surface area contributed by atoms with E-state index < -0.39 is 0 Å². The highest BCUT2D eigenvalue weighted by Gasteiger charge is 2.10. The normalized spacial score (nSPS) is 10.4. The first kappa shape index (κ1) is 16.5. The van der Waals surface area contributed by atoms with E-state index in [0.717, 1.165) is 11.1 Å². The molecule has 3 N–H and O–H groups in total. The first-order chi connectivity index (χ1) is 12.1. The van der Waals surface area contributed by atoms with Crippen molar-refractivity contribution < 1.29 is 24.8 Å². The smallest absolute Gasteiger partial charge is 0.200 e. The summed E-state index contributed by atoms with van der Waals surface area (Å²) in [5.74, 6) is 0.945. The molecule has 128 valence electrons. The summed E-state index contributed by atoms with van der Waals surface area (Å²) in [5.41, 5.74) is 1.74. The number of phenolic OH excluding ortho intramolecular Hbond substituents is 3. The molecule has 0 saturated heterocycles. The Labute approximate surface area is 145 Å². The van der Waals surface area contributed by atoms with Gasteiger partial charge in [0.05, 0.1) is 0 Å². The molecular weight excluding hydrogens is 320 g/mol. The zero-order valence-corrected chi connectivity index (χ0v) is 13.4. The lowest BCUT2D eigenvalue weighted by Gasteiger charge is -2.12. The average molecular weight is 338 g/mol. The van der Waals surface area contributed by atoms with E-state index in [2.05, 4.69) is 0 Å². The third kappa shape index (κ3) is 4.35. The zero-order chi connectivity index (χ0) is 17.6. The van der Waals surface area contributed by atoms with E-state index in [4.69, 9.17) is 9.47 Å². The molecule has 0 fully saturated rings. The third-order valence-corrected chi connectivity index (χ3v) is 3.62. The van der Waals surface area contributed by atoms with Crippen molar-refractivity contribution in [2.45, 2.75) is 13.2 Å². The minimum Gasteiger partial charge on any atom is -0.508 e. The second-order valence-corrected chi connectivity index (χ2v) is 5.51. The van der Waals surface area contributed by atoms with Gasteiger partial charge in [0, 0.05) is 0 Å². The van der Waals surface area contributed by atoms with Gasteiger partial charge in [-0.15, -0.1) is 0 Å². The van der Waals surface area contributed by atoms with Gasteiger partial charge in [0.25, 0.3) is 0 Å². The lowest BCUT2D eigenvalue weighted by Crippen LogP contribution is -1.98. The van der Waals surface area contributed by atoms with Crippen LogP contribution in [0.3, 0.4) is 0 Å². The molecule has 0 aliphatic carbocycles. The minimum absolute atomic E-state index is 0.0694. The fraction of sp³-hybridized carbons (Fsp3) is 0.100. The number of rotatable bonds is 6. The summed E-state index contributed by atoms with van der Waals surface area (Å²) < 4.78 is 11.3. The van der Waals surface area contributed by atoms with Crippen LogP contribution in [0.4, 0.5) is 0 Å². The number of ether oxygens (including phenoxy) is 2. The first-order valence-corrected chi connectivity index (χ1v) is 7.75. The van der Waals surface area contributed by atoms with Crippen molar-refractivity contribution >= 4 is 0 Å². The molecule has 0 atom stereocenters. The molecule has 0 unspecified atom stereocenters. The van der Waals surface area contributed by atoms with Gasteiger partial charge >= 0.3 is 0 Å². The van der Waals surface area contributed by atoms with E-state index in [9.17, 15) is 15.3 Å². The van der Waals surface area contributed by atoms with E-state index >= 15 is 0 Å². The topological polar surface area (TPSA) is 79.2 Å². The van der Waals surface area contributed by atoms with Crippen LogP contribution in [-0.2, 0) is 13.2 Å². The standard InChI is InChI=1S/C20H18O5/c21-16-8-4-14(5-9-16)12-24-18-2-1-3-19(20(18)23)25-13-15-6-10-17(22)11-7-15/h1-11,21-23H,12-13H2. The van der Waals surface area contributed by atoms with Crippen LogP contribution in [0.5, 0.6) is 28.7 Å². The maximum Gasteiger partial charge on any atom is 0.200 e. The molecule has 0 aliphatic rings. The fourth-order valence-corrected chi connectivity index (χ4v) is 2.24. The van der Waals surface area contributed by atoms with E-state index in [1.165, 1.54) is 0 Å². The van der Waals surface area contributed by atoms with Gasteiger partial charge in [-0.3, -0.25) is 0 Å². The summed E-state index contributed by atoms with van der Waals surface area (Å²) in [6.45, 7) is 0.518. The van der Waals surface area contributed by atoms with Gasteiger partial charge in [-0.25, -0.2) is 0 Å². The van der Waals surface area contributed by atoms with Crippen LogP contribution in [-0.4, -0.2) is 15.3 Å². The van der Waals surface area contributed by atoms with Gasteiger partial charge in [0.1, 0.15) is 24.7 Å². The quantitative estimate of drug-likeness (QED) is 0.634. The Morgan fingerprint density at radius 1 is 0.560 bits per heavy atom. The Hall–Kier alpha value is -3.34. The van der Waals surface area contributed by atoms with Crippen molar-refractivity contribution in [3.05, 3.63) is 77.9 Å². The molecule has 0 aromatic heterocycles. The summed E-state index contributed by atoms with van der Waals surface area (Å²) in [6.07, 6.45) is 0. The first-order valence-electron chi connectivity index (χ1n) is 7.75. The van der Waals surface area contributed by atoms with Gasteiger partial charge in [-0.2, -0.15) is 0 Å². The second-order valence-electron chi connectivity index (χ2n) is 5.51. The van der Waals surface area contributed by atoms with E-state index in [0.29, 0.717) is 11.5 Å². The van der Waals surface area contributed by atoms with Gasteiger partial charge in [-0.05, 0) is 47.5 Å². The second kappa shape index (κ2) is 7.49. The Morgan fingerprint density at radius 2 is 0.960 bits per heavy atom. The summed E-state index contributed by atoms with van der Waals surface area (Å²) in [5, 5.41) is 28.9. The van der Waals surface area contributed by atoms with Crippen molar-refractivity contribution in [3.63, 3.8) is 0 Å². The molecule has 0 bridgehead atoms. The number of aromatic hydroxyl groups is 3. The summed E-state index contributed by atoms with van der Waals surface area (Å²) in [7, 11) is 0. The average Bonchev–Trinajstić information content (AvgIpc) is 2.62. The van der Waals surface area contributed by atoms with Crippen LogP contribution in [0.25, 0.3) is 0 Å². The largest absolute Gasteiger partial charge is 0.508 e. The Morgan fingerprint density at radius 3 is 1.36 bits per heavy atom. The maximum atomic E-state index is 10.3. The lowest BCUT2D eigenvalue weighted by molar-refractivity contribution is 0.262. The molecule has 0 spiro atoms. The van der Waals surface area contributed by atoms with E-state index in [-0.39, 0.29) is 30.5 Å². The van der Waals surface area contributed by atoms with Crippen LogP contribution >= 0.6 is 0 Å².